The largest absolute Gasteiger partial charge is 0.337 e. The van der Waals surface area contributed by atoms with Gasteiger partial charge >= 0.3 is 0 Å². The lowest BCUT2D eigenvalue weighted by atomic mass is 10.1. The van der Waals surface area contributed by atoms with Crippen molar-refractivity contribution in [2.24, 2.45) is 7.05 Å². The molecule has 0 radical (unpaired) electrons. The number of nitrogens with zero attached hydrogens (tertiary/aromatic N) is 5. The van der Waals surface area contributed by atoms with Crippen LogP contribution in [0.3, 0.4) is 0 Å². The van der Waals surface area contributed by atoms with Gasteiger partial charge in [0.05, 0.1) is 6.54 Å². The van der Waals surface area contributed by atoms with Crippen LogP contribution in [0.4, 0.5) is 0 Å². The van der Waals surface area contributed by atoms with E-state index in [1.165, 1.54) is 11.4 Å². The maximum atomic E-state index is 13.0. The van der Waals surface area contributed by atoms with Crippen LogP contribution in [0.15, 0.2) is 48.8 Å². The predicted molar refractivity (Wildman–Crippen MR) is 114 cm³/mol. The summed E-state index contributed by atoms with van der Waals surface area (Å²) < 4.78 is 4.26. The van der Waals surface area contributed by atoms with Crippen molar-refractivity contribution in [2.45, 2.75) is 26.8 Å². The minimum absolute atomic E-state index is 0.122. The van der Waals surface area contributed by atoms with E-state index in [1.54, 1.807) is 0 Å². The van der Waals surface area contributed by atoms with Crippen LogP contribution >= 0.6 is 0 Å². The molecule has 152 valence electrons. The van der Waals surface area contributed by atoms with Crippen LogP contribution in [0.25, 0.3) is 5.69 Å². The fourth-order valence-corrected chi connectivity index (χ4v) is 4.09. The second kappa shape index (κ2) is 8.25. The molecule has 0 saturated carbocycles. The van der Waals surface area contributed by atoms with Crippen molar-refractivity contribution < 1.29 is 4.79 Å². The van der Waals surface area contributed by atoms with Gasteiger partial charge in [-0.25, -0.2) is 4.98 Å². The average Bonchev–Trinajstić information content (AvgIpc) is 3.18. The van der Waals surface area contributed by atoms with Gasteiger partial charge in [0.15, 0.2) is 0 Å². The molecule has 1 aliphatic heterocycles. The quantitative estimate of drug-likeness (QED) is 0.686. The normalized spacial score (nSPS) is 15.5. The van der Waals surface area contributed by atoms with E-state index in [2.05, 4.69) is 45.0 Å². The monoisotopic (exact) mass is 391 g/mol. The number of amides is 1. The molecule has 3 heterocycles. The molecule has 6 nitrogen and oxygen atoms in total. The van der Waals surface area contributed by atoms with Gasteiger partial charge in [0.2, 0.25) is 0 Å². The summed E-state index contributed by atoms with van der Waals surface area (Å²) in [7, 11) is 2.02. The number of rotatable bonds is 4. The zero-order valence-electron chi connectivity index (χ0n) is 17.5. The number of imidazole rings is 1. The molecule has 0 bridgehead atoms. The highest BCUT2D eigenvalue weighted by atomic mass is 16.2. The highest BCUT2D eigenvalue weighted by Gasteiger charge is 2.21. The summed E-state index contributed by atoms with van der Waals surface area (Å²) in [5, 5.41) is 0. The Labute approximate surface area is 172 Å². The van der Waals surface area contributed by atoms with E-state index in [4.69, 9.17) is 0 Å². The SMILES string of the molecule is Cc1ccc(C)n1-c1ccc(C(=O)N2CCCN(Cc3nccn3C)CC2)cc1. The first-order chi connectivity index (χ1) is 14.0. The Morgan fingerprint density at radius 3 is 2.34 bits per heavy atom. The molecule has 1 aromatic carbocycles. The topological polar surface area (TPSA) is 46.3 Å². The van der Waals surface area contributed by atoms with Gasteiger partial charge in [0, 0.05) is 68.3 Å². The van der Waals surface area contributed by atoms with Gasteiger partial charge < -0.3 is 14.0 Å². The fourth-order valence-electron chi connectivity index (χ4n) is 4.09. The Kier molecular flexibility index (Phi) is 5.53. The molecule has 0 atom stereocenters. The summed E-state index contributed by atoms with van der Waals surface area (Å²) in [5.74, 6) is 1.19. The van der Waals surface area contributed by atoms with Crippen LogP contribution in [0.1, 0.15) is 34.0 Å². The summed E-state index contributed by atoms with van der Waals surface area (Å²) in [6.45, 7) is 8.43. The molecule has 0 aliphatic carbocycles. The van der Waals surface area contributed by atoms with E-state index in [9.17, 15) is 4.79 Å². The summed E-state index contributed by atoms with van der Waals surface area (Å²) in [6, 6.07) is 12.2. The number of hydrogen-bond acceptors (Lipinski definition) is 3. The number of hydrogen-bond donors (Lipinski definition) is 0. The number of benzene rings is 1. The lowest BCUT2D eigenvalue weighted by Gasteiger charge is -2.22. The molecular weight excluding hydrogens is 362 g/mol. The molecule has 1 fully saturated rings. The van der Waals surface area contributed by atoms with E-state index >= 15 is 0 Å². The number of carbonyl (C=O) groups is 1. The van der Waals surface area contributed by atoms with E-state index in [0.29, 0.717) is 0 Å². The lowest BCUT2D eigenvalue weighted by Crippen LogP contribution is -2.35. The van der Waals surface area contributed by atoms with E-state index in [1.807, 2.05) is 48.6 Å². The first-order valence-corrected chi connectivity index (χ1v) is 10.3. The van der Waals surface area contributed by atoms with Gasteiger partial charge in [-0.2, -0.15) is 0 Å². The highest BCUT2D eigenvalue weighted by molar-refractivity contribution is 5.94. The third-order valence-corrected chi connectivity index (χ3v) is 5.81. The van der Waals surface area contributed by atoms with Crippen molar-refractivity contribution in [3.8, 4) is 5.69 Å². The minimum Gasteiger partial charge on any atom is -0.337 e. The van der Waals surface area contributed by atoms with Crippen molar-refractivity contribution in [1.29, 1.82) is 0 Å². The lowest BCUT2D eigenvalue weighted by molar-refractivity contribution is 0.0761. The van der Waals surface area contributed by atoms with Crippen molar-refractivity contribution in [3.63, 3.8) is 0 Å². The number of carbonyl (C=O) groups excluding carboxylic acids is 1. The molecule has 1 amide bonds. The third-order valence-electron chi connectivity index (χ3n) is 5.81. The summed E-state index contributed by atoms with van der Waals surface area (Å²) >= 11 is 0. The number of aryl methyl sites for hydroxylation is 3. The van der Waals surface area contributed by atoms with Gasteiger partial charge in [0.25, 0.3) is 5.91 Å². The Hall–Kier alpha value is -2.86. The molecule has 29 heavy (non-hydrogen) atoms. The average molecular weight is 392 g/mol. The van der Waals surface area contributed by atoms with E-state index in [0.717, 1.165) is 56.2 Å². The summed E-state index contributed by atoms with van der Waals surface area (Å²) in [5.41, 5.74) is 4.25. The first kappa shape index (κ1) is 19.5. The molecule has 1 aliphatic rings. The van der Waals surface area contributed by atoms with E-state index < -0.39 is 0 Å². The van der Waals surface area contributed by atoms with Crippen molar-refractivity contribution in [2.75, 3.05) is 26.2 Å². The van der Waals surface area contributed by atoms with E-state index in [-0.39, 0.29) is 5.91 Å². The number of aromatic nitrogens is 3. The molecule has 0 unspecified atom stereocenters. The molecule has 0 N–H and O–H groups in total. The van der Waals surface area contributed by atoms with Crippen molar-refractivity contribution in [1.82, 2.24) is 23.9 Å². The van der Waals surface area contributed by atoms with Crippen LogP contribution < -0.4 is 0 Å². The Bertz CT molecular complexity index is 966. The Morgan fingerprint density at radius 1 is 0.966 bits per heavy atom. The first-order valence-electron chi connectivity index (χ1n) is 10.3. The second-order valence-corrected chi connectivity index (χ2v) is 7.87. The smallest absolute Gasteiger partial charge is 0.253 e. The van der Waals surface area contributed by atoms with Crippen molar-refractivity contribution >= 4 is 5.91 Å². The highest BCUT2D eigenvalue weighted by Crippen LogP contribution is 2.18. The standard InChI is InChI=1S/C23H29N5O/c1-18-5-6-19(2)28(18)21-9-7-20(8-10-21)23(29)27-13-4-12-26(15-16-27)17-22-24-11-14-25(22)3/h5-11,14H,4,12-13,15-17H2,1-3H3. The maximum Gasteiger partial charge on any atom is 0.253 e. The Balaban J connectivity index is 1.41. The maximum absolute atomic E-state index is 13.0. The molecular formula is C23H29N5O. The zero-order chi connectivity index (χ0) is 20.4. The molecule has 1 saturated heterocycles. The minimum atomic E-state index is 0.122. The van der Waals surface area contributed by atoms with Gasteiger partial charge in [-0.15, -0.1) is 0 Å². The Morgan fingerprint density at radius 2 is 1.69 bits per heavy atom. The summed E-state index contributed by atoms with van der Waals surface area (Å²) in [4.78, 5) is 21.8. The van der Waals surface area contributed by atoms with Gasteiger partial charge in [-0.05, 0) is 56.7 Å². The second-order valence-electron chi connectivity index (χ2n) is 7.87. The van der Waals surface area contributed by atoms with Gasteiger partial charge in [-0.3, -0.25) is 9.69 Å². The van der Waals surface area contributed by atoms with Crippen molar-refractivity contribution in [3.05, 3.63) is 71.6 Å². The van der Waals surface area contributed by atoms with Gasteiger partial charge in [-0.1, -0.05) is 0 Å². The zero-order valence-corrected chi connectivity index (χ0v) is 17.5. The molecule has 4 rings (SSSR count). The van der Waals surface area contributed by atoms with Crippen LogP contribution in [0.2, 0.25) is 0 Å². The molecule has 2 aromatic heterocycles. The van der Waals surface area contributed by atoms with Crippen LogP contribution in [-0.4, -0.2) is 56.0 Å². The summed E-state index contributed by atoms with van der Waals surface area (Å²) in [6.07, 6.45) is 4.79. The fraction of sp³-hybridized carbons (Fsp3) is 0.391. The van der Waals surface area contributed by atoms with Crippen LogP contribution in [-0.2, 0) is 13.6 Å². The van der Waals surface area contributed by atoms with Crippen LogP contribution in [0.5, 0.6) is 0 Å². The van der Waals surface area contributed by atoms with Crippen LogP contribution in [0, 0.1) is 13.8 Å². The third kappa shape index (κ3) is 4.12. The molecule has 6 heteroatoms. The molecule has 0 spiro atoms. The predicted octanol–water partition coefficient (Wildman–Crippen LogP) is 3.18. The molecule has 3 aromatic rings. The van der Waals surface area contributed by atoms with Gasteiger partial charge in [0.1, 0.15) is 5.82 Å².